The Hall–Kier alpha value is -0.0757. The Morgan fingerprint density at radius 3 is 1.24 bits per heavy atom. The van der Waals surface area contributed by atoms with Gasteiger partial charge in [0.15, 0.2) is 0 Å². The minimum atomic E-state index is 0. The van der Waals surface area contributed by atoms with Crippen molar-refractivity contribution in [1.29, 1.82) is 0 Å². The second kappa shape index (κ2) is 44.5. The molecule has 0 saturated carbocycles. The van der Waals surface area contributed by atoms with Crippen LogP contribution in [-0.4, -0.2) is 11.7 Å². The van der Waals surface area contributed by atoms with Gasteiger partial charge in [-0.05, 0) is 6.92 Å². The molecule has 0 aromatic heterocycles. The van der Waals surface area contributed by atoms with E-state index in [-0.39, 0.29) is 40.7 Å². The summed E-state index contributed by atoms with van der Waals surface area (Å²) in [4.78, 5) is 0. The van der Waals surface area contributed by atoms with E-state index < -0.39 is 0 Å². The molecule has 0 rings (SSSR count). The predicted octanol–water partition coefficient (Wildman–Crippen LogP) is 0.884. The molecule has 0 atom stereocenters. The number of aliphatic hydroxyl groups is 1. The smallest absolute Gasteiger partial charge is 1.00 e. The van der Waals surface area contributed by atoms with Crippen molar-refractivity contribution in [1.82, 2.24) is 0 Å². The number of aliphatic hydroxyl groups excluding tert-OH is 1. The van der Waals surface area contributed by atoms with Crippen LogP contribution < -0.4 is 12.4 Å². The summed E-state index contributed by atoms with van der Waals surface area (Å²) in [5.41, 5.74) is 0. The number of hydrogen-bond acceptors (Lipinski definition) is 1. The zero-order chi connectivity index (χ0) is 12.4. The fraction of sp³-hybridized carbons (Fsp3) is 0.429. The van der Waals surface area contributed by atoms with E-state index in [1.54, 1.807) is 6.92 Å². The van der Waals surface area contributed by atoms with Gasteiger partial charge in [-0.15, -0.1) is 13.8 Å². The molecule has 1 N–H and O–H groups in total. The molecule has 0 aromatic carbocycles. The molecule has 0 spiro atoms. The van der Waals surface area contributed by atoms with Gasteiger partial charge in [-0.25, -0.2) is 24.3 Å². The molecule has 0 heterocycles. The predicted molar refractivity (Wildman–Crippen MR) is 69.4 cm³/mol. The summed E-state index contributed by atoms with van der Waals surface area (Å²) in [6.45, 7) is 9.64. The molecule has 0 fully saturated rings. The van der Waals surface area contributed by atoms with Gasteiger partial charge < -0.3 is 17.5 Å². The van der Waals surface area contributed by atoms with Gasteiger partial charge in [0.1, 0.15) is 0 Å². The summed E-state index contributed by atoms with van der Waals surface area (Å²) in [5, 5.41) is 7.57. The van der Waals surface area contributed by atoms with Gasteiger partial charge in [-0.2, -0.15) is 12.2 Å². The molecule has 3 heteroatoms. The molecule has 17 heavy (non-hydrogen) atoms. The molecule has 0 aliphatic heterocycles. The van der Waals surface area contributed by atoms with Crippen LogP contribution in [0.4, 0.5) is 0 Å². The maximum atomic E-state index is 7.57. The molecular formula is C14H24ClOTi. The molecule has 97 valence electrons. The van der Waals surface area contributed by atoms with Gasteiger partial charge >= 0.3 is 21.7 Å². The quantitative estimate of drug-likeness (QED) is 0.455. The Labute approximate surface area is 129 Å². The Morgan fingerprint density at radius 2 is 1.18 bits per heavy atom. The van der Waals surface area contributed by atoms with Crippen molar-refractivity contribution in [2.75, 3.05) is 6.61 Å². The maximum absolute atomic E-state index is 7.57. The van der Waals surface area contributed by atoms with Gasteiger partial charge in [0.25, 0.3) is 0 Å². The molecule has 0 aliphatic rings. The Bertz CT molecular complexity index is 145. The summed E-state index contributed by atoms with van der Waals surface area (Å²) < 4.78 is 0. The number of hydrogen-bond donors (Lipinski definition) is 1. The Kier molecular flexibility index (Phi) is 79.1. The Morgan fingerprint density at radius 1 is 0.941 bits per heavy atom. The van der Waals surface area contributed by atoms with Crippen LogP contribution in [0.15, 0.2) is 36.5 Å². The van der Waals surface area contributed by atoms with E-state index in [1.807, 2.05) is 64.2 Å². The van der Waals surface area contributed by atoms with Crippen LogP contribution in [0.1, 0.15) is 34.6 Å². The van der Waals surface area contributed by atoms with Crippen LogP contribution in [0.3, 0.4) is 0 Å². The van der Waals surface area contributed by atoms with Gasteiger partial charge in [-0.3, -0.25) is 12.2 Å². The van der Waals surface area contributed by atoms with Gasteiger partial charge in [-0.1, -0.05) is 13.8 Å². The molecule has 0 unspecified atom stereocenters. The summed E-state index contributed by atoms with van der Waals surface area (Å²) in [7, 11) is 0. The largest absolute Gasteiger partial charge is 3.00 e. The molecule has 0 aromatic rings. The molecular weight excluding hydrogens is 267 g/mol. The van der Waals surface area contributed by atoms with E-state index in [0.717, 1.165) is 0 Å². The minimum Gasteiger partial charge on any atom is -1.00 e. The van der Waals surface area contributed by atoms with E-state index in [2.05, 4.69) is 12.2 Å². The van der Waals surface area contributed by atoms with Gasteiger partial charge in [0, 0.05) is 6.61 Å². The van der Waals surface area contributed by atoms with E-state index in [1.165, 1.54) is 0 Å². The summed E-state index contributed by atoms with van der Waals surface area (Å²) in [6, 6.07) is 0. The topological polar surface area (TPSA) is 20.2 Å². The number of allylic oxidation sites excluding steroid dienone is 8. The third kappa shape index (κ3) is 88.0. The fourth-order valence-corrected chi connectivity index (χ4v) is 0.385. The SMILES string of the molecule is CCO.C[C-]=CC=CC.C[C-]=CC=CC.[Cl-].[Ti+3]. The fourth-order valence-electron chi connectivity index (χ4n) is 0.385. The van der Waals surface area contributed by atoms with Crippen LogP contribution in [0.5, 0.6) is 0 Å². The van der Waals surface area contributed by atoms with Gasteiger partial charge in [0.05, 0.1) is 0 Å². The molecule has 0 aliphatic carbocycles. The van der Waals surface area contributed by atoms with E-state index in [4.69, 9.17) is 5.11 Å². The van der Waals surface area contributed by atoms with Crippen molar-refractivity contribution in [3.63, 3.8) is 0 Å². The van der Waals surface area contributed by atoms with E-state index >= 15 is 0 Å². The molecule has 0 saturated heterocycles. The zero-order valence-electron chi connectivity index (χ0n) is 11.5. The molecule has 1 nitrogen and oxygen atoms in total. The third-order valence-corrected chi connectivity index (χ3v) is 0.911. The maximum Gasteiger partial charge on any atom is 3.00 e. The van der Waals surface area contributed by atoms with Crippen molar-refractivity contribution in [3.8, 4) is 0 Å². The molecule has 1 radical (unpaired) electrons. The monoisotopic (exact) mass is 291 g/mol. The van der Waals surface area contributed by atoms with Crippen LogP contribution in [0.2, 0.25) is 0 Å². The second-order valence-electron chi connectivity index (χ2n) is 2.28. The van der Waals surface area contributed by atoms with Crippen LogP contribution in [0, 0.1) is 12.2 Å². The average molecular weight is 292 g/mol. The van der Waals surface area contributed by atoms with Crippen molar-refractivity contribution >= 4 is 0 Å². The first-order valence-corrected chi connectivity index (χ1v) is 5.09. The Balaban J connectivity index is -0.0000000421. The van der Waals surface area contributed by atoms with Crippen LogP contribution in [0.25, 0.3) is 0 Å². The van der Waals surface area contributed by atoms with Crippen molar-refractivity contribution in [2.24, 2.45) is 0 Å². The third-order valence-electron chi connectivity index (χ3n) is 0.911. The number of halogens is 1. The first kappa shape index (κ1) is 30.2. The van der Waals surface area contributed by atoms with Crippen molar-refractivity contribution in [3.05, 3.63) is 48.6 Å². The van der Waals surface area contributed by atoms with Crippen LogP contribution >= 0.6 is 0 Å². The van der Waals surface area contributed by atoms with E-state index in [0.29, 0.717) is 0 Å². The minimum absolute atomic E-state index is 0. The average Bonchev–Trinajstić information content (AvgIpc) is 2.25. The molecule has 0 amide bonds. The van der Waals surface area contributed by atoms with Gasteiger partial charge in [0.2, 0.25) is 0 Å². The summed E-state index contributed by atoms with van der Waals surface area (Å²) >= 11 is 0. The molecule has 0 bridgehead atoms. The summed E-state index contributed by atoms with van der Waals surface area (Å²) in [6.07, 6.45) is 17.3. The van der Waals surface area contributed by atoms with Crippen molar-refractivity contribution in [2.45, 2.75) is 34.6 Å². The first-order valence-electron chi connectivity index (χ1n) is 5.09. The first-order chi connectivity index (χ1) is 7.24. The normalized spacial score (nSPS) is 9.29. The zero-order valence-corrected chi connectivity index (χ0v) is 13.8. The van der Waals surface area contributed by atoms with E-state index in [9.17, 15) is 0 Å². The standard InChI is InChI=1S/2C6H9.C2H6O.ClH.Ti/c2*1-3-5-6-4-2;1-2-3;;/h2*3,5-6H,1-2H3;3H,2H2,1H3;1H;/q2*-1;;;+3/p-1. The second-order valence-corrected chi connectivity index (χ2v) is 2.28. The number of rotatable bonds is 2. The van der Waals surface area contributed by atoms with Crippen LogP contribution in [-0.2, 0) is 21.7 Å². The summed E-state index contributed by atoms with van der Waals surface area (Å²) in [5.74, 6) is 0. The van der Waals surface area contributed by atoms with Crippen molar-refractivity contribution < 1.29 is 39.2 Å².